The van der Waals surface area contributed by atoms with E-state index >= 15 is 0 Å². The zero-order chi connectivity index (χ0) is 12.4. The van der Waals surface area contributed by atoms with Gasteiger partial charge in [0.05, 0.1) is 11.1 Å². The molecular formula is C13H24N2O2. The summed E-state index contributed by atoms with van der Waals surface area (Å²) in [5.41, 5.74) is -0.461. The van der Waals surface area contributed by atoms with Gasteiger partial charge >= 0.3 is 0 Å². The summed E-state index contributed by atoms with van der Waals surface area (Å²) in [5.74, 6) is 0.125. The summed E-state index contributed by atoms with van der Waals surface area (Å²) in [7, 11) is 1.74. The maximum Gasteiger partial charge on any atom is 0.240 e. The number of nitrogens with one attached hydrogen (secondary N) is 2. The van der Waals surface area contributed by atoms with Gasteiger partial charge in [-0.15, -0.1) is 0 Å². The van der Waals surface area contributed by atoms with Gasteiger partial charge in [-0.3, -0.25) is 4.79 Å². The Morgan fingerprint density at radius 1 is 1.29 bits per heavy atom. The summed E-state index contributed by atoms with van der Waals surface area (Å²) in [4.78, 5) is 12.2. The molecule has 17 heavy (non-hydrogen) atoms. The quantitative estimate of drug-likeness (QED) is 0.776. The van der Waals surface area contributed by atoms with Crippen LogP contribution in [0, 0.1) is 0 Å². The molecule has 4 nitrogen and oxygen atoms in total. The third kappa shape index (κ3) is 2.63. The number of hydrogen-bond acceptors (Lipinski definition) is 3. The summed E-state index contributed by atoms with van der Waals surface area (Å²) in [5, 5.41) is 6.39. The number of carbonyl (C=O) groups excluding carboxylic acids is 1. The zero-order valence-electron chi connectivity index (χ0n) is 11.0. The van der Waals surface area contributed by atoms with Crippen LogP contribution in [0.15, 0.2) is 0 Å². The Hall–Kier alpha value is -0.610. The molecule has 1 heterocycles. The van der Waals surface area contributed by atoms with Crippen molar-refractivity contribution in [3.8, 4) is 0 Å². The Morgan fingerprint density at radius 2 is 2.06 bits per heavy atom. The highest BCUT2D eigenvalue weighted by Crippen LogP contribution is 2.34. The van der Waals surface area contributed by atoms with Crippen LogP contribution in [-0.4, -0.2) is 37.2 Å². The lowest BCUT2D eigenvalue weighted by Crippen LogP contribution is -2.60. The van der Waals surface area contributed by atoms with Gasteiger partial charge in [-0.1, -0.05) is 0 Å². The molecule has 0 aromatic heterocycles. The second-order valence-corrected chi connectivity index (χ2v) is 5.64. The molecule has 1 aliphatic carbocycles. The Bertz CT molecular complexity index is 276. The van der Waals surface area contributed by atoms with Crippen molar-refractivity contribution in [1.29, 1.82) is 0 Å². The number of amides is 1. The van der Waals surface area contributed by atoms with E-state index in [9.17, 15) is 4.79 Å². The second kappa shape index (κ2) is 4.94. The molecule has 1 saturated carbocycles. The van der Waals surface area contributed by atoms with Crippen LogP contribution in [0.5, 0.6) is 0 Å². The van der Waals surface area contributed by atoms with Gasteiger partial charge in [0.2, 0.25) is 5.91 Å². The van der Waals surface area contributed by atoms with E-state index in [-0.39, 0.29) is 17.0 Å². The molecule has 1 amide bonds. The lowest BCUT2D eigenvalue weighted by molar-refractivity contribution is -0.131. The maximum atomic E-state index is 12.2. The summed E-state index contributed by atoms with van der Waals surface area (Å²) >= 11 is 0. The highest BCUT2D eigenvalue weighted by atomic mass is 16.5. The molecule has 1 saturated heterocycles. The number of piperidine rings is 1. The second-order valence-electron chi connectivity index (χ2n) is 5.64. The van der Waals surface area contributed by atoms with Crippen LogP contribution >= 0.6 is 0 Å². The molecule has 0 bridgehead atoms. The molecule has 2 fully saturated rings. The van der Waals surface area contributed by atoms with Crippen LogP contribution in [0.3, 0.4) is 0 Å². The number of carbonyl (C=O) groups is 1. The molecule has 1 unspecified atom stereocenters. The molecule has 98 valence electrons. The predicted molar refractivity (Wildman–Crippen MR) is 66.9 cm³/mol. The first-order chi connectivity index (χ1) is 8.10. The highest BCUT2D eigenvalue weighted by Gasteiger charge is 2.40. The number of ether oxygens (including phenoxy) is 1. The van der Waals surface area contributed by atoms with Crippen LogP contribution in [0.25, 0.3) is 0 Å². The maximum absolute atomic E-state index is 12.2. The molecular weight excluding hydrogens is 216 g/mol. The van der Waals surface area contributed by atoms with Crippen LogP contribution < -0.4 is 10.6 Å². The zero-order valence-corrected chi connectivity index (χ0v) is 11.0. The van der Waals surface area contributed by atoms with Crippen LogP contribution in [-0.2, 0) is 9.53 Å². The Balaban J connectivity index is 1.84. The molecule has 1 atom stereocenters. The first-order valence-corrected chi connectivity index (χ1v) is 6.69. The normalized spacial score (nSPS) is 31.6. The molecule has 1 aliphatic heterocycles. The molecule has 2 aliphatic rings. The van der Waals surface area contributed by atoms with E-state index in [0.29, 0.717) is 6.54 Å². The van der Waals surface area contributed by atoms with Crippen LogP contribution in [0.4, 0.5) is 0 Å². The Kier molecular flexibility index (Phi) is 3.73. The van der Waals surface area contributed by atoms with E-state index in [2.05, 4.69) is 10.6 Å². The van der Waals surface area contributed by atoms with E-state index in [0.717, 1.165) is 32.2 Å². The highest BCUT2D eigenvalue weighted by molar-refractivity contribution is 5.86. The minimum absolute atomic E-state index is 0.0827. The fourth-order valence-electron chi connectivity index (χ4n) is 2.71. The molecule has 0 aromatic rings. The van der Waals surface area contributed by atoms with Crippen molar-refractivity contribution >= 4 is 5.91 Å². The van der Waals surface area contributed by atoms with Crippen molar-refractivity contribution in [2.45, 2.75) is 56.6 Å². The summed E-state index contributed by atoms with van der Waals surface area (Å²) in [6.07, 6.45) is 6.57. The van der Waals surface area contributed by atoms with Gasteiger partial charge in [0.25, 0.3) is 0 Å². The van der Waals surface area contributed by atoms with Crippen molar-refractivity contribution < 1.29 is 9.53 Å². The SMILES string of the molecule is COC1(CNC(=O)C2(C)CCCCN2)CCC1. The van der Waals surface area contributed by atoms with Crippen LogP contribution in [0.2, 0.25) is 0 Å². The van der Waals surface area contributed by atoms with E-state index in [1.54, 1.807) is 7.11 Å². The van der Waals surface area contributed by atoms with Crippen molar-refractivity contribution in [2.75, 3.05) is 20.2 Å². The molecule has 0 aromatic carbocycles. The van der Waals surface area contributed by atoms with Crippen LogP contribution in [0.1, 0.15) is 45.4 Å². The number of rotatable bonds is 4. The lowest BCUT2D eigenvalue weighted by Gasteiger charge is -2.42. The first kappa shape index (κ1) is 12.8. The smallest absolute Gasteiger partial charge is 0.240 e. The van der Waals surface area contributed by atoms with Crippen molar-refractivity contribution in [2.24, 2.45) is 0 Å². The number of methoxy groups -OCH3 is 1. The van der Waals surface area contributed by atoms with E-state index in [4.69, 9.17) is 4.74 Å². The topological polar surface area (TPSA) is 50.4 Å². The fraction of sp³-hybridized carbons (Fsp3) is 0.923. The summed E-state index contributed by atoms with van der Waals surface area (Å²) in [6, 6.07) is 0. The minimum atomic E-state index is -0.378. The molecule has 2 N–H and O–H groups in total. The van der Waals surface area contributed by atoms with Gasteiger partial charge in [0, 0.05) is 13.7 Å². The average molecular weight is 240 g/mol. The summed E-state index contributed by atoms with van der Waals surface area (Å²) in [6.45, 7) is 3.60. The molecule has 0 spiro atoms. The van der Waals surface area contributed by atoms with Crippen molar-refractivity contribution in [1.82, 2.24) is 10.6 Å². The van der Waals surface area contributed by atoms with Gasteiger partial charge in [0.15, 0.2) is 0 Å². The largest absolute Gasteiger partial charge is 0.376 e. The average Bonchev–Trinajstić information content (AvgIpc) is 2.29. The molecule has 0 radical (unpaired) electrons. The lowest BCUT2D eigenvalue weighted by atomic mass is 9.79. The first-order valence-electron chi connectivity index (χ1n) is 6.69. The van der Waals surface area contributed by atoms with Crippen molar-refractivity contribution in [3.05, 3.63) is 0 Å². The Labute approximate surface area is 103 Å². The van der Waals surface area contributed by atoms with Gasteiger partial charge in [0.1, 0.15) is 0 Å². The third-order valence-corrected chi connectivity index (χ3v) is 4.39. The molecule has 4 heteroatoms. The van der Waals surface area contributed by atoms with Gasteiger partial charge in [-0.05, 0) is 52.0 Å². The minimum Gasteiger partial charge on any atom is -0.376 e. The summed E-state index contributed by atoms with van der Waals surface area (Å²) < 4.78 is 5.51. The third-order valence-electron chi connectivity index (χ3n) is 4.39. The predicted octanol–water partition coefficient (Wildman–Crippen LogP) is 1.20. The van der Waals surface area contributed by atoms with E-state index in [1.165, 1.54) is 12.8 Å². The Morgan fingerprint density at radius 3 is 2.53 bits per heavy atom. The van der Waals surface area contributed by atoms with Gasteiger partial charge in [-0.2, -0.15) is 0 Å². The van der Waals surface area contributed by atoms with E-state index < -0.39 is 0 Å². The number of hydrogen-bond donors (Lipinski definition) is 2. The monoisotopic (exact) mass is 240 g/mol. The molecule has 2 rings (SSSR count). The van der Waals surface area contributed by atoms with E-state index in [1.807, 2.05) is 6.92 Å². The van der Waals surface area contributed by atoms with Crippen molar-refractivity contribution in [3.63, 3.8) is 0 Å². The van der Waals surface area contributed by atoms with Gasteiger partial charge < -0.3 is 15.4 Å². The fourth-order valence-corrected chi connectivity index (χ4v) is 2.71. The standard InChI is InChI=1S/C13H24N2O2/c1-12(6-3-4-9-15-12)11(16)14-10-13(17-2)7-5-8-13/h15H,3-10H2,1-2H3,(H,14,16). The van der Waals surface area contributed by atoms with Gasteiger partial charge in [-0.25, -0.2) is 0 Å².